The van der Waals surface area contributed by atoms with E-state index in [1.165, 1.54) is 4.90 Å². The third kappa shape index (κ3) is 5.15. The summed E-state index contributed by atoms with van der Waals surface area (Å²) in [5.41, 5.74) is 1.41. The van der Waals surface area contributed by atoms with Crippen LogP contribution in [0.25, 0.3) is 0 Å². The van der Waals surface area contributed by atoms with E-state index in [1.54, 1.807) is 66.4 Å². The van der Waals surface area contributed by atoms with Crippen molar-refractivity contribution in [2.24, 2.45) is 0 Å². The van der Waals surface area contributed by atoms with Gasteiger partial charge in [-0.05, 0) is 61.6 Å². The molecule has 0 saturated carbocycles. The molecule has 32 heavy (non-hydrogen) atoms. The lowest BCUT2D eigenvalue weighted by atomic mass is 10.1. The molecule has 0 bridgehead atoms. The molecular formula is C23H22ClN3O4S. The summed E-state index contributed by atoms with van der Waals surface area (Å²) in [6.07, 6.45) is 1.52. The molecule has 0 aliphatic carbocycles. The zero-order valence-electron chi connectivity index (χ0n) is 17.4. The molecule has 0 radical (unpaired) electrons. The number of esters is 1. The number of halogens is 1. The number of benzene rings is 2. The van der Waals surface area contributed by atoms with Crippen LogP contribution in [0, 0.1) is 0 Å². The van der Waals surface area contributed by atoms with Crippen molar-refractivity contribution in [3.05, 3.63) is 71.8 Å². The monoisotopic (exact) mass is 471 g/mol. The topological polar surface area (TPSA) is 79.0 Å². The van der Waals surface area contributed by atoms with Crippen molar-refractivity contribution in [1.82, 2.24) is 4.90 Å². The van der Waals surface area contributed by atoms with Crippen molar-refractivity contribution < 1.29 is 19.1 Å². The fraction of sp³-hybridized carbons (Fsp3) is 0.217. The molecule has 1 saturated heterocycles. The highest BCUT2D eigenvalue weighted by Crippen LogP contribution is 2.28. The van der Waals surface area contributed by atoms with Crippen molar-refractivity contribution in [3.63, 3.8) is 0 Å². The van der Waals surface area contributed by atoms with Crippen LogP contribution < -0.4 is 10.2 Å². The second-order valence-corrected chi connectivity index (χ2v) is 7.74. The largest absolute Gasteiger partial charge is 0.462 e. The molecule has 1 aliphatic heterocycles. The van der Waals surface area contributed by atoms with Gasteiger partial charge in [0.05, 0.1) is 24.3 Å². The Bertz CT molecular complexity index is 1060. The Morgan fingerprint density at radius 3 is 2.59 bits per heavy atom. The molecule has 0 aromatic heterocycles. The van der Waals surface area contributed by atoms with E-state index in [-0.39, 0.29) is 30.0 Å². The summed E-state index contributed by atoms with van der Waals surface area (Å²) in [5.74, 6) is -1.12. The molecule has 166 valence electrons. The van der Waals surface area contributed by atoms with E-state index in [1.807, 2.05) is 0 Å². The van der Waals surface area contributed by atoms with E-state index in [9.17, 15) is 14.4 Å². The van der Waals surface area contributed by atoms with Crippen molar-refractivity contribution in [2.45, 2.75) is 19.4 Å². The van der Waals surface area contributed by atoms with E-state index in [2.05, 4.69) is 11.9 Å². The highest BCUT2D eigenvalue weighted by Gasteiger charge is 2.43. The lowest BCUT2D eigenvalue weighted by Crippen LogP contribution is -2.37. The first kappa shape index (κ1) is 23.4. The first-order valence-electron chi connectivity index (χ1n) is 9.93. The summed E-state index contributed by atoms with van der Waals surface area (Å²) < 4.78 is 4.98. The lowest BCUT2D eigenvalue weighted by molar-refractivity contribution is -0.124. The fourth-order valence-electron chi connectivity index (χ4n) is 3.33. The molecule has 0 spiro atoms. The van der Waals surface area contributed by atoms with Crippen molar-refractivity contribution in [3.8, 4) is 0 Å². The molecule has 7 nitrogen and oxygen atoms in total. The van der Waals surface area contributed by atoms with Gasteiger partial charge in [0, 0.05) is 17.3 Å². The normalized spacial score (nSPS) is 15.6. The molecule has 1 heterocycles. The minimum atomic E-state index is -0.788. The smallest absolute Gasteiger partial charge is 0.338 e. The van der Waals surface area contributed by atoms with Crippen LogP contribution in [0.4, 0.5) is 11.4 Å². The van der Waals surface area contributed by atoms with E-state index >= 15 is 0 Å². The number of carbonyl (C=O) groups is 3. The molecule has 2 aromatic rings. The van der Waals surface area contributed by atoms with Gasteiger partial charge in [-0.2, -0.15) is 0 Å². The molecule has 0 unspecified atom stereocenters. The predicted molar refractivity (Wildman–Crippen MR) is 128 cm³/mol. The van der Waals surface area contributed by atoms with Crippen LogP contribution in [0.5, 0.6) is 0 Å². The Hall–Kier alpha value is -3.23. The summed E-state index contributed by atoms with van der Waals surface area (Å²) in [4.78, 5) is 40.8. The maximum Gasteiger partial charge on any atom is 0.338 e. The number of carbonyl (C=O) groups excluding carboxylic acids is 3. The summed E-state index contributed by atoms with van der Waals surface area (Å²) in [6.45, 7) is 6.02. The quantitative estimate of drug-likeness (QED) is 0.355. The second-order valence-electron chi connectivity index (χ2n) is 6.94. The molecule has 3 rings (SSSR count). The van der Waals surface area contributed by atoms with Gasteiger partial charge >= 0.3 is 5.97 Å². The summed E-state index contributed by atoms with van der Waals surface area (Å²) in [6, 6.07) is 12.4. The van der Waals surface area contributed by atoms with Gasteiger partial charge in [0.2, 0.25) is 5.91 Å². The molecule has 2 aromatic carbocycles. The molecular weight excluding hydrogens is 450 g/mol. The first-order chi connectivity index (χ1) is 15.3. The van der Waals surface area contributed by atoms with Gasteiger partial charge < -0.3 is 15.0 Å². The molecule has 1 fully saturated rings. The van der Waals surface area contributed by atoms with Crippen LogP contribution >= 0.6 is 23.8 Å². The molecule has 1 atom stereocenters. The molecule has 1 N–H and O–H groups in total. The first-order valence-corrected chi connectivity index (χ1v) is 10.7. The van der Waals surface area contributed by atoms with Gasteiger partial charge in [-0.15, -0.1) is 6.58 Å². The van der Waals surface area contributed by atoms with Gasteiger partial charge in [0.15, 0.2) is 5.11 Å². The number of thiocarbonyl (C=S) groups is 1. The van der Waals surface area contributed by atoms with E-state index < -0.39 is 12.0 Å². The molecule has 1 aliphatic rings. The van der Waals surface area contributed by atoms with Gasteiger partial charge in [0.25, 0.3) is 5.91 Å². The molecule has 2 amide bonds. The number of nitrogens with zero attached hydrogens (tertiary/aromatic N) is 2. The van der Waals surface area contributed by atoms with E-state index in [0.717, 1.165) is 0 Å². The fourth-order valence-corrected chi connectivity index (χ4v) is 3.92. The number of ether oxygens (including phenoxy) is 1. The van der Waals surface area contributed by atoms with Crippen LogP contribution in [0.3, 0.4) is 0 Å². The number of hydrogen-bond donors (Lipinski definition) is 1. The van der Waals surface area contributed by atoms with Crippen LogP contribution in [0.1, 0.15) is 23.7 Å². The highest BCUT2D eigenvalue weighted by atomic mass is 35.5. The number of rotatable bonds is 8. The zero-order chi connectivity index (χ0) is 23.3. The minimum absolute atomic E-state index is 0.100. The Morgan fingerprint density at radius 1 is 1.25 bits per heavy atom. The van der Waals surface area contributed by atoms with Crippen molar-refractivity contribution >= 4 is 58.1 Å². The second kappa shape index (κ2) is 10.4. The number of anilines is 2. The van der Waals surface area contributed by atoms with Crippen molar-refractivity contribution in [1.29, 1.82) is 0 Å². The average Bonchev–Trinajstić information content (AvgIpc) is 2.98. The van der Waals surface area contributed by atoms with Gasteiger partial charge in [0.1, 0.15) is 6.04 Å². The SMILES string of the molecule is C=CCN1C(=S)N(c2ccc(C(=O)OCC)cc2)C(=O)[C@H]1CC(=O)Nc1cccc(Cl)c1. The maximum atomic E-state index is 13.2. The van der Waals surface area contributed by atoms with Crippen LogP contribution in [0.2, 0.25) is 5.02 Å². The third-order valence-corrected chi connectivity index (χ3v) is 5.42. The van der Waals surface area contributed by atoms with Crippen LogP contribution in [-0.2, 0) is 14.3 Å². The number of amides is 2. The summed E-state index contributed by atoms with van der Waals surface area (Å²) in [5, 5.41) is 3.51. The minimum Gasteiger partial charge on any atom is -0.462 e. The van der Waals surface area contributed by atoms with E-state index in [4.69, 9.17) is 28.6 Å². The Kier molecular flexibility index (Phi) is 7.61. The number of hydrogen-bond acceptors (Lipinski definition) is 5. The third-order valence-electron chi connectivity index (χ3n) is 4.77. The lowest BCUT2D eigenvalue weighted by Gasteiger charge is -2.22. The van der Waals surface area contributed by atoms with Crippen LogP contribution in [-0.4, -0.2) is 47.0 Å². The number of nitrogens with one attached hydrogen (secondary N) is 1. The maximum absolute atomic E-state index is 13.2. The predicted octanol–water partition coefficient (Wildman–Crippen LogP) is 4.03. The van der Waals surface area contributed by atoms with Gasteiger partial charge in [-0.25, -0.2) is 4.79 Å². The van der Waals surface area contributed by atoms with Crippen LogP contribution in [0.15, 0.2) is 61.2 Å². The Labute approximate surface area is 196 Å². The average molecular weight is 472 g/mol. The van der Waals surface area contributed by atoms with Gasteiger partial charge in [-0.3, -0.25) is 14.5 Å². The standard InChI is InChI=1S/C23H22ClN3O4S/c1-3-12-26-19(14-20(28)25-17-7-5-6-16(24)13-17)21(29)27(23(26)32)18-10-8-15(9-11-18)22(30)31-4-2/h3,5-11,13,19H,1,4,12,14H2,2H3,(H,25,28)/t19-/m1/s1. The Balaban J connectivity index is 1.79. The van der Waals surface area contributed by atoms with E-state index in [0.29, 0.717) is 28.5 Å². The molecule has 9 heteroatoms. The van der Waals surface area contributed by atoms with Crippen molar-refractivity contribution in [2.75, 3.05) is 23.4 Å². The highest BCUT2D eigenvalue weighted by molar-refractivity contribution is 7.80. The zero-order valence-corrected chi connectivity index (χ0v) is 19.0. The summed E-state index contributed by atoms with van der Waals surface area (Å²) >= 11 is 11.5. The Morgan fingerprint density at radius 2 is 1.97 bits per heavy atom. The summed E-state index contributed by atoms with van der Waals surface area (Å²) in [7, 11) is 0. The van der Waals surface area contributed by atoms with Gasteiger partial charge in [-0.1, -0.05) is 23.7 Å².